The Morgan fingerprint density at radius 3 is 1.53 bits per heavy atom. The molecule has 0 N–H and O–H groups in total. The molecule has 0 atom stereocenters. The molecule has 268 valence electrons. The summed E-state index contributed by atoms with van der Waals surface area (Å²) in [5, 5.41) is 5.05. The van der Waals surface area contributed by atoms with Crippen LogP contribution in [0.2, 0.25) is 0 Å². The molecule has 2 aliphatic rings. The summed E-state index contributed by atoms with van der Waals surface area (Å²) >= 11 is 0. The Kier molecular flexibility index (Phi) is 6.53. The number of anilines is 3. The van der Waals surface area contributed by atoms with Crippen LogP contribution in [-0.2, 0) is 0 Å². The Morgan fingerprint density at radius 2 is 0.845 bits per heavy atom. The molecule has 2 aromatic heterocycles. The maximum Gasteiger partial charge on any atom is 0.252 e. The maximum absolute atomic E-state index is 2.58. The van der Waals surface area contributed by atoms with Crippen LogP contribution >= 0.6 is 0 Å². The normalized spacial score (nSPS) is 12.8. The lowest BCUT2D eigenvalue weighted by atomic mass is 9.34. The van der Waals surface area contributed by atoms with E-state index in [1.54, 1.807) is 0 Å². The zero-order chi connectivity index (χ0) is 37.9. The van der Waals surface area contributed by atoms with Crippen LogP contribution < -0.4 is 21.3 Å². The van der Waals surface area contributed by atoms with E-state index in [-0.39, 0.29) is 6.71 Å². The summed E-state index contributed by atoms with van der Waals surface area (Å²) in [7, 11) is 0. The predicted molar refractivity (Wildman–Crippen MR) is 245 cm³/mol. The van der Waals surface area contributed by atoms with Crippen LogP contribution in [0.5, 0.6) is 0 Å². The van der Waals surface area contributed by atoms with Gasteiger partial charge in [-0.05, 0) is 63.9 Å². The number of hydrogen-bond donors (Lipinski definition) is 0. The highest BCUT2D eigenvalue weighted by atomic mass is 15.2. The summed E-state index contributed by atoms with van der Waals surface area (Å²) in [5.74, 6) is 0. The SMILES string of the molecule is c1ccc(-c2cccc3c4cccc(-c5ccccc5)c4n(-c4cc5c6c(c4)-n4c7ccccc7c7cccc(c74)B6c4ccccc4N5c4ccccc4)c23)cc1. The van der Waals surface area contributed by atoms with Crippen molar-refractivity contribution in [2.45, 2.75) is 0 Å². The first kappa shape index (κ1) is 31.6. The Morgan fingerprint density at radius 1 is 0.328 bits per heavy atom. The van der Waals surface area contributed by atoms with Crippen molar-refractivity contribution >= 4 is 83.8 Å². The minimum atomic E-state index is 0.0636. The van der Waals surface area contributed by atoms with E-state index in [0.717, 1.165) is 11.4 Å². The lowest BCUT2D eigenvalue weighted by Crippen LogP contribution is -2.60. The number of benzene rings is 9. The highest BCUT2D eigenvalue weighted by Crippen LogP contribution is 2.46. The van der Waals surface area contributed by atoms with Gasteiger partial charge in [-0.25, -0.2) is 0 Å². The van der Waals surface area contributed by atoms with Crippen molar-refractivity contribution in [3.63, 3.8) is 0 Å². The quantitative estimate of drug-likeness (QED) is 0.164. The van der Waals surface area contributed by atoms with E-state index in [0.29, 0.717) is 0 Å². The molecule has 4 heterocycles. The van der Waals surface area contributed by atoms with Gasteiger partial charge in [-0.3, -0.25) is 0 Å². The minimum Gasteiger partial charge on any atom is -0.311 e. The fraction of sp³-hybridized carbons (Fsp3) is 0. The van der Waals surface area contributed by atoms with Crippen molar-refractivity contribution < 1.29 is 0 Å². The number of rotatable bonds is 4. The number of para-hydroxylation sites is 6. The van der Waals surface area contributed by atoms with Crippen molar-refractivity contribution in [3.8, 4) is 33.6 Å². The summed E-state index contributed by atoms with van der Waals surface area (Å²) < 4.78 is 5.15. The highest BCUT2D eigenvalue weighted by molar-refractivity contribution is 7.00. The molecule has 4 heteroatoms. The van der Waals surface area contributed by atoms with Gasteiger partial charge in [-0.1, -0.05) is 170 Å². The number of hydrogen-bond acceptors (Lipinski definition) is 1. The second kappa shape index (κ2) is 12.0. The Bertz CT molecular complexity index is 3360. The van der Waals surface area contributed by atoms with Gasteiger partial charge >= 0.3 is 0 Å². The van der Waals surface area contributed by atoms with E-state index in [1.165, 1.54) is 99.3 Å². The molecule has 0 unspecified atom stereocenters. The van der Waals surface area contributed by atoms with Crippen LogP contribution in [0.3, 0.4) is 0 Å². The summed E-state index contributed by atoms with van der Waals surface area (Å²) in [6.45, 7) is 0.0636. The molecule has 3 nitrogen and oxygen atoms in total. The van der Waals surface area contributed by atoms with Crippen LogP contribution in [0.4, 0.5) is 17.1 Å². The van der Waals surface area contributed by atoms with Crippen LogP contribution in [-0.4, -0.2) is 15.8 Å². The fourth-order valence-corrected chi connectivity index (χ4v) is 10.4. The van der Waals surface area contributed by atoms with Gasteiger partial charge in [0.25, 0.3) is 6.71 Å². The van der Waals surface area contributed by atoms with Gasteiger partial charge in [-0.15, -0.1) is 0 Å². The molecule has 0 amide bonds. The van der Waals surface area contributed by atoms with E-state index >= 15 is 0 Å². The maximum atomic E-state index is 2.58. The molecule has 0 spiro atoms. The summed E-state index contributed by atoms with van der Waals surface area (Å²) in [5.41, 5.74) is 19.7. The van der Waals surface area contributed by atoms with Gasteiger partial charge in [0.15, 0.2) is 0 Å². The van der Waals surface area contributed by atoms with E-state index < -0.39 is 0 Å². The molecule has 0 fully saturated rings. The number of fused-ring (bicyclic) bond motifs is 10. The highest BCUT2D eigenvalue weighted by Gasteiger charge is 2.42. The average molecular weight is 736 g/mol. The van der Waals surface area contributed by atoms with Crippen molar-refractivity contribution in [3.05, 3.63) is 206 Å². The zero-order valence-corrected chi connectivity index (χ0v) is 31.5. The number of aromatic nitrogens is 2. The molecule has 2 aliphatic heterocycles. The summed E-state index contributed by atoms with van der Waals surface area (Å²) in [6, 6.07) is 76.2. The first-order chi connectivity index (χ1) is 28.8. The standard InChI is InChI=1S/C54H34BN3/c1-4-17-35(18-5-1)39-24-14-26-43-44-27-15-25-40(36-19-6-2-7-20-36)53(44)57(52(39)43)38-33-49-51-50(34-38)58-47-31-12-10-23-41(47)42-28-16-30-46(54(42)58)55(51)45-29-11-13-32-48(45)56(49)37-21-8-3-9-22-37/h1-34H. The second-order valence-electron chi connectivity index (χ2n) is 15.6. The fourth-order valence-electron chi connectivity index (χ4n) is 10.4. The van der Waals surface area contributed by atoms with Crippen LogP contribution in [0.15, 0.2) is 206 Å². The van der Waals surface area contributed by atoms with E-state index in [1.807, 2.05) is 0 Å². The Balaban J connectivity index is 1.25. The third-order valence-electron chi connectivity index (χ3n) is 12.7. The van der Waals surface area contributed by atoms with E-state index in [4.69, 9.17) is 0 Å². The molecule has 11 aromatic rings. The summed E-state index contributed by atoms with van der Waals surface area (Å²) in [4.78, 5) is 2.51. The van der Waals surface area contributed by atoms with Crippen LogP contribution in [0.25, 0.3) is 77.2 Å². The topological polar surface area (TPSA) is 13.1 Å². The van der Waals surface area contributed by atoms with E-state index in [2.05, 4.69) is 220 Å². The third kappa shape index (κ3) is 4.24. The van der Waals surface area contributed by atoms with Gasteiger partial charge in [0, 0.05) is 60.9 Å². The van der Waals surface area contributed by atoms with Crippen molar-refractivity contribution in [1.82, 2.24) is 9.13 Å². The predicted octanol–water partition coefficient (Wildman–Crippen LogP) is 11.8. The van der Waals surface area contributed by atoms with Crippen molar-refractivity contribution in [2.24, 2.45) is 0 Å². The first-order valence-corrected chi connectivity index (χ1v) is 20.2. The average Bonchev–Trinajstić information content (AvgIpc) is 3.82. The van der Waals surface area contributed by atoms with Gasteiger partial charge in [0.2, 0.25) is 0 Å². The molecule has 9 aromatic carbocycles. The molecular weight excluding hydrogens is 701 g/mol. The minimum absolute atomic E-state index is 0.0636. The van der Waals surface area contributed by atoms with Crippen molar-refractivity contribution in [2.75, 3.05) is 4.90 Å². The Hall–Kier alpha value is -7.56. The molecular formula is C54H34BN3. The summed E-state index contributed by atoms with van der Waals surface area (Å²) in [6.07, 6.45) is 0. The van der Waals surface area contributed by atoms with Gasteiger partial charge in [0.05, 0.1) is 22.2 Å². The molecule has 0 saturated heterocycles. The molecule has 13 rings (SSSR count). The van der Waals surface area contributed by atoms with Gasteiger partial charge in [0.1, 0.15) is 0 Å². The van der Waals surface area contributed by atoms with Crippen LogP contribution in [0.1, 0.15) is 0 Å². The largest absolute Gasteiger partial charge is 0.311 e. The van der Waals surface area contributed by atoms with Crippen LogP contribution in [0, 0.1) is 0 Å². The van der Waals surface area contributed by atoms with Crippen molar-refractivity contribution in [1.29, 1.82) is 0 Å². The lowest BCUT2D eigenvalue weighted by Gasteiger charge is -2.40. The first-order valence-electron chi connectivity index (χ1n) is 20.2. The second-order valence-corrected chi connectivity index (χ2v) is 15.6. The number of nitrogens with zero attached hydrogens (tertiary/aromatic N) is 3. The zero-order valence-electron chi connectivity index (χ0n) is 31.5. The molecule has 0 aliphatic carbocycles. The molecule has 0 bridgehead atoms. The lowest BCUT2D eigenvalue weighted by molar-refractivity contribution is 1.13. The smallest absolute Gasteiger partial charge is 0.252 e. The molecule has 58 heavy (non-hydrogen) atoms. The van der Waals surface area contributed by atoms with Gasteiger partial charge < -0.3 is 14.0 Å². The molecule has 0 saturated carbocycles. The van der Waals surface area contributed by atoms with Gasteiger partial charge in [-0.2, -0.15) is 0 Å². The Labute approximate surface area is 336 Å². The molecule has 0 radical (unpaired) electrons. The monoisotopic (exact) mass is 735 g/mol. The third-order valence-corrected chi connectivity index (χ3v) is 12.7. The van der Waals surface area contributed by atoms with E-state index in [9.17, 15) is 0 Å².